The Labute approximate surface area is 219 Å². The highest BCUT2D eigenvalue weighted by molar-refractivity contribution is 7.17. The summed E-state index contributed by atoms with van der Waals surface area (Å²) < 4.78 is 52.9. The maximum Gasteiger partial charge on any atom is 0.434 e. The van der Waals surface area contributed by atoms with Gasteiger partial charge in [0.05, 0.1) is 18.3 Å². The molecule has 4 heterocycles. The summed E-state index contributed by atoms with van der Waals surface area (Å²) >= 11 is 1.48. The van der Waals surface area contributed by atoms with E-state index in [-0.39, 0.29) is 12.4 Å². The van der Waals surface area contributed by atoms with Crippen LogP contribution in [0.5, 0.6) is 11.8 Å². The largest absolute Gasteiger partial charge is 0.480 e. The van der Waals surface area contributed by atoms with Crippen LogP contribution in [0.3, 0.4) is 0 Å². The van der Waals surface area contributed by atoms with Crippen molar-refractivity contribution in [2.24, 2.45) is 7.05 Å². The zero-order valence-corrected chi connectivity index (χ0v) is 21.2. The number of alkyl halides is 3. The maximum absolute atomic E-state index is 13.0. The van der Waals surface area contributed by atoms with Crippen LogP contribution in [-0.2, 0) is 19.8 Å². The van der Waals surface area contributed by atoms with Crippen LogP contribution < -0.4 is 9.47 Å². The predicted molar refractivity (Wildman–Crippen MR) is 135 cm³/mol. The molecule has 0 spiro atoms. The third-order valence-electron chi connectivity index (χ3n) is 6.25. The average molecular weight is 539 g/mol. The van der Waals surface area contributed by atoms with Gasteiger partial charge < -0.3 is 14.0 Å². The fourth-order valence-corrected chi connectivity index (χ4v) is 5.01. The smallest absolute Gasteiger partial charge is 0.434 e. The molecule has 5 aromatic rings. The highest BCUT2D eigenvalue weighted by Crippen LogP contribution is 2.45. The second-order valence-electron chi connectivity index (χ2n) is 8.95. The number of thiophene rings is 1. The van der Waals surface area contributed by atoms with Crippen LogP contribution in [0, 0.1) is 0 Å². The number of rotatable bonds is 7. The zero-order chi connectivity index (χ0) is 26.4. The number of methoxy groups -OCH3 is 1. The van der Waals surface area contributed by atoms with Gasteiger partial charge in [-0.05, 0) is 29.9 Å². The average Bonchev–Trinajstić information content (AvgIpc) is 3.51. The SMILES string of the molecule is COc1ncnc(C2CC2)c1-c1nc(OCc2ccc(-c3nc(C(F)(F)F)cn3C)cc2)c2sccc2n1. The molecule has 0 aliphatic heterocycles. The van der Waals surface area contributed by atoms with Gasteiger partial charge in [0, 0.05) is 24.7 Å². The molecular formula is C26H21F3N6O2S. The molecule has 1 aliphatic rings. The number of nitrogens with zero attached hydrogens (tertiary/aromatic N) is 6. The van der Waals surface area contributed by atoms with Crippen molar-refractivity contribution >= 4 is 21.6 Å². The van der Waals surface area contributed by atoms with Gasteiger partial charge in [-0.2, -0.15) is 18.2 Å². The quantitative estimate of drug-likeness (QED) is 0.250. The van der Waals surface area contributed by atoms with Crippen LogP contribution in [0.1, 0.15) is 35.7 Å². The first-order valence-corrected chi connectivity index (χ1v) is 12.7. The minimum atomic E-state index is -4.50. The predicted octanol–water partition coefficient (Wildman–Crippen LogP) is 6.03. The molecule has 8 nitrogen and oxygen atoms in total. The van der Waals surface area contributed by atoms with Gasteiger partial charge in [-0.3, -0.25) is 0 Å². The molecule has 0 unspecified atom stereocenters. The van der Waals surface area contributed by atoms with Crippen molar-refractivity contribution in [3.63, 3.8) is 0 Å². The standard InChI is InChI=1S/C26H21F3N6O2S/c1-35-11-18(26(27,28)29)33-23(35)16-5-3-14(4-6-16)12-37-25-21-17(9-10-38-21)32-22(34-25)19-20(15-7-8-15)30-13-31-24(19)36-2/h3-6,9-11,13,15H,7-8,12H2,1-2H3. The van der Waals surface area contributed by atoms with Crippen LogP contribution in [0.15, 0.2) is 48.2 Å². The molecule has 38 heavy (non-hydrogen) atoms. The number of halogens is 3. The molecule has 12 heteroatoms. The molecule has 0 radical (unpaired) electrons. The number of aromatic nitrogens is 6. The van der Waals surface area contributed by atoms with Gasteiger partial charge in [-0.1, -0.05) is 24.3 Å². The second-order valence-corrected chi connectivity index (χ2v) is 9.86. The first-order valence-electron chi connectivity index (χ1n) is 11.8. The highest BCUT2D eigenvalue weighted by atomic mass is 32.1. The summed E-state index contributed by atoms with van der Waals surface area (Å²) in [6.45, 7) is 0.204. The third kappa shape index (κ3) is 4.55. The van der Waals surface area contributed by atoms with Crippen LogP contribution in [-0.4, -0.2) is 36.6 Å². The van der Waals surface area contributed by atoms with Gasteiger partial charge >= 0.3 is 6.18 Å². The summed E-state index contributed by atoms with van der Waals surface area (Å²) in [6, 6.07) is 8.94. The number of hydrogen-bond acceptors (Lipinski definition) is 8. The topological polar surface area (TPSA) is 87.8 Å². The van der Waals surface area contributed by atoms with E-state index in [1.807, 2.05) is 11.4 Å². The number of aryl methyl sites for hydroxylation is 1. The van der Waals surface area contributed by atoms with Crippen LogP contribution >= 0.6 is 11.3 Å². The fraction of sp³-hybridized carbons (Fsp3) is 0.269. The van der Waals surface area contributed by atoms with Gasteiger partial charge in [-0.25, -0.2) is 19.9 Å². The Morgan fingerprint density at radius 2 is 1.82 bits per heavy atom. The number of benzene rings is 1. The second kappa shape index (κ2) is 9.35. The Morgan fingerprint density at radius 3 is 2.50 bits per heavy atom. The first-order chi connectivity index (χ1) is 18.3. The number of ether oxygens (including phenoxy) is 2. The van der Waals surface area contributed by atoms with Gasteiger partial charge in [0.15, 0.2) is 11.5 Å². The Kier molecular flexibility index (Phi) is 5.98. The van der Waals surface area contributed by atoms with Crippen molar-refractivity contribution < 1.29 is 22.6 Å². The number of imidazole rings is 1. The summed E-state index contributed by atoms with van der Waals surface area (Å²) in [5.41, 5.74) is 2.76. The van der Waals surface area contributed by atoms with E-state index >= 15 is 0 Å². The van der Waals surface area contributed by atoms with Gasteiger partial charge in [0.2, 0.25) is 11.8 Å². The fourth-order valence-electron chi connectivity index (χ4n) is 4.23. The molecule has 1 saturated carbocycles. The van der Waals surface area contributed by atoms with E-state index in [1.165, 1.54) is 29.3 Å². The Balaban J connectivity index is 1.28. The molecule has 0 amide bonds. The monoisotopic (exact) mass is 538 g/mol. The first kappa shape index (κ1) is 24.3. The van der Waals surface area contributed by atoms with E-state index in [0.717, 1.165) is 40.5 Å². The van der Waals surface area contributed by atoms with Gasteiger partial charge in [0.25, 0.3) is 0 Å². The molecule has 194 valence electrons. The summed E-state index contributed by atoms with van der Waals surface area (Å²) in [5, 5.41) is 1.92. The third-order valence-corrected chi connectivity index (χ3v) is 7.14. The molecule has 0 saturated heterocycles. The lowest BCUT2D eigenvalue weighted by Crippen LogP contribution is -2.05. The van der Waals surface area contributed by atoms with Crippen LogP contribution in [0.25, 0.3) is 33.0 Å². The summed E-state index contributed by atoms with van der Waals surface area (Å²) in [7, 11) is 3.09. The lowest BCUT2D eigenvalue weighted by atomic mass is 10.1. The molecule has 1 aromatic carbocycles. The molecule has 0 N–H and O–H groups in total. The number of fused-ring (bicyclic) bond motifs is 1. The van der Waals surface area contributed by atoms with Gasteiger partial charge in [0.1, 0.15) is 29.0 Å². The molecule has 0 atom stereocenters. The minimum Gasteiger partial charge on any atom is -0.480 e. The van der Waals surface area contributed by atoms with E-state index in [4.69, 9.17) is 19.4 Å². The lowest BCUT2D eigenvalue weighted by Gasteiger charge is -2.13. The van der Waals surface area contributed by atoms with E-state index < -0.39 is 11.9 Å². The van der Waals surface area contributed by atoms with Crippen LogP contribution in [0.2, 0.25) is 0 Å². The molecule has 1 aliphatic carbocycles. The van der Waals surface area contributed by atoms with Gasteiger partial charge in [-0.15, -0.1) is 11.3 Å². The zero-order valence-electron chi connectivity index (χ0n) is 20.4. The van der Waals surface area contributed by atoms with Crippen molar-refractivity contribution in [1.29, 1.82) is 0 Å². The summed E-state index contributed by atoms with van der Waals surface area (Å²) in [4.78, 5) is 22.0. The van der Waals surface area contributed by atoms with Crippen molar-refractivity contribution in [3.8, 4) is 34.5 Å². The van der Waals surface area contributed by atoms with E-state index in [0.29, 0.717) is 34.6 Å². The van der Waals surface area contributed by atoms with Crippen molar-refractivity contribution in [1.82, 2.24) is 29.5 Å². The Bertz CT molecular complexity index is 1630. The summed E-state index contributed by atoms with van der Waals surface area (Å²) in [5.74, 6) is 1.85. The van der Waals surface area contributed by atoms with E-state index in [2.05, 4.69) is 15.0 Å². The molecule has 0 bridgehead atoms. The molecule has 6 rings (SSSR count). The minimum absolute atomic E-state index is 0.204. The molecule has 4 aromatic heterocycles. The van der Waals surface area contributed by atoms with Crippen molar-refractivity contribution in [2.75, 3.05) is 7.11 Å². The van der Waals surface area contributed by atoms with E-state index in [1.54, 1.807) is 31.4 Å². The Morgan fingerprint density at radius 1 is 1.03 bits per heavy atom. The van der Waals surface area contributed by atoms with Crippen molar-refractivity contribution in [2.45, 2.75) is 31.5 Å². The van der Waals surface area contributed by atoms with Crippen molar-refractivity contribution in [3.05, 3.63) is 65.2 Å². The van der Waals surface area contributed by atoms with E-state index in [9.17, 15) is 13.2 Å². The highest BCUT2D eigenvalue weighted by Gasteiger charge is 2.34. The normalized spacial score (nSPS) is 13.7. The maximum atomic E-state index is 13.0. The molecular weight excluding hydrogens is 517 g/mol. The Hall–Kier alpha value is -4.06. The lowest BCUT2D eigenvalue weighted by molar-refractivity contribution is -0.140. The molecule has 1 fully saturated rings. The number of hydrogen-bond donors (Lipinski definition) is 0. The van der Waals surface area contributed by atoms with Crippen LogP contribution in [0.4, 0.5) is 13.2 Å². The summed E-state index contributed by atoms with van der Waals surface area (Å²) in [6.07, 6.45) is 0.0659.